The van der Waals surface area contributed by atoms with Crippen molar-refractivity contribution in [1.29, 1.82) is 0 Å². The Bertz CT molecular complexity index is 491. The molecule has 1 amide bonds. The van der Waals surface area contributed by atoms with Gasteiger partial charge in [0.1, 0.15) is 5.60 Å². The molecule has 1 aromatic carbocycles. The van der Waals surface area contributed by atoms with Crippen molar-refractivity contribution in [1.82, 2.24) is 0 Å². The van der Waals surface area contributed by atoms with Crippen LogP contribution in [0.4, 0.5) is 5.69 Å². The van der Waals surface area contributed by atoms with Gasteiger partial charge in [-0.3, -0.25) is 9.59 Å². The molecule has 19 heavy (non-hydrogen) atoms. The van der Waals surface area contributed by atoms with Gasteiger partial charge in [-0.05, 0) is 32.9 Å². The van der Waals surface area contributed by atoms with Gasteiger partial charge < -0.3 is 10.1 Å². The molecule has 0 spiro atoms. The summed E-state index contributed by atoms with van der Waals surface area (Å²) in [5.74, 6) is -0.756. The van der Waals surface area contributed by atoms with Crippen molar-refractivity contribution < 1.29 is 14.3 Å². The van der Waals surface area contributed by atoms with Crippen LogP contribution in [0.15, 0.2) is 24.3 Å². The van der Waals surface area contributed by atoms with Gasteiger partial charge in [0.15, 0.2) is 0 Å². The van der Waals surface area contributed by atoms with Crippen LogP contribution in [0.5, 0.6) is 0 Å². The molecular formula is C15H19NO3. The molecule has 102 valence electrons. The normalized spacial score (nSPS) is 21.0. The van der Waals surface area contributed by atoms with Crippen molar-refractivity contribution in [3.8, 4) is 0 Å². The summed E-state index contributed by atoms with van der Waals surface area (Å²) < 4.78 is 5.21. The van der Waals surface area contributed by atoms with E-state index in [0.29, 0.717) is 6.42 Å². The van der Waals surface area contributed by atoms with Gasteiger partial charge in [-0.2, -0.15) is 0 Å². The van der Waals surface area contributed by atoms with Gasteiger partial charge in [0.25, 0.3) is 0 Å². The Morgan fingerprint density at radius 3 is 2.53 bits per heavy atom. The highest BCUT2D eigenvalue weighted by atomic mass is 16.6. The average Bonchev–Trinajstić information content (AvgIpc) is 2.55. The lowest BCUT2D eigenvalue weighted by molar-refractivity contribution is -0.149. The van der Waals surface area contributed by atoms with Gasteiger partial charge in [-0.25, -0.2) is 0 Å². The second kappa shape index (κ2) is 5.03. The fourth-order valence-corrected chi connectivity index (χ4v) is 2.30. The first-order valence-electron chi connectivity index (χ1n) is 6.45. The number of esters is 1. The van der Waals surface area contributed by atoms with E-state index in [9.17, 15) is 9.59 Å². The third-order valence-corrected chi connectivity index (χ3v) is 3.22. The highest BCUT2D eigenvalue weighted by Gasteiger charge is 2.40. The summed E-state index contributed by atoms with van der Waals surface area (Å²) in [6.45, 7) is 5.72. The Morgan fingerprint density at radius 1 is 1.37 bits per heavy atom. The summed E-state index contributed by atoms with van der Waals surface area (Å²) in [7, 11) is 0. The molecule has 0 aromatic heterocycles. The van der Waals surface area contributed by atoms with E-state index < -0.39 is 5.60 Å². The first-order chi connectivity index (χ1) is 8.85. The summed E-state index contributed by atoms with van der Waals surface area (Å²) in [6, 6.07) is 7.57. The second-order valence-electron chi connectivity index (χ2n) is 5.70. The van der Waals surface area contributed by atoms with Crippen LogP contribution in [0.3, 0.4) is 0 Å². The molecule has 0 radical (unpaired) electrons. The van der Waals surface area contributed by atoms with Gasteiger partial charge in [0, 0.05) is 18.5 Å². The van der Waals surface area contributed by atoms with Crippen molar-refractivity contribution in [2.45, 2.75) is 39.2 Å². The van der Waals surface area contributed by atoms with Crippen molar-refractivity contribution in [2.75, 3.05) is 5.32 Å². The van der Waals surface area contributed by atoms with E-state index >= 15 is 0 Å². The topological polar surface area (TPSA) is 55.4 Å². The summed E-state index contributed by atoms with van der Waals surface area (Å²) in [6.07, 6.45) is 0.767. The molecule has 0 aliphatic carbocycles. The molecule has 4 heteroatoms. The molecule has 1 fully saturated rings. The molecule has 0 bridgehead atoms. The highest BCUT2D eigenvalue weighted by Crippen LogP contribution is 2.32. The Balaban J connectivity index is 1.91. The number of aryl methyl sites for hydroxylation is 1. The molecule has 1 atom stereocenters. The standard InChI is InChI=1S/C15H19NO3/c1-10-4-6-12(7-5-10)16-13(17)8-11-9-15(2,3)19-14(11)18/h4-7,11H,8-9H2,1-3H3,(H,16,17)/t11-/m0/s1. The predicted octanol–water partition coefficient (Wildman–Crippen LogP) is 2.67. The fourth-order valence-electron chi connectivity index (χ4n) is 2.30. The maximum absolute atomic E-state index is 11.9. The van der Waals surface area contributed by atoms with E-state index in [1.807, 2.05) is 45.0 Å². The number of benzene rings is 1. The lowest BCUT2D eigenvalue weighted by atomic mass is 9.94. The summed E-state index contributed by atoms with van der Waals surface area (Å²) >= 11 is 0. The monoisotopic (exact) mass is 261 g/mol. The lowest BCUT2D eigenvalue weighted by Gasteiger charge is -2.14. The number of nitrogens with one attached hydrogen (secondary N) is 1. The molecule has 1 heterocycles. The van der Waals surface area contributed by atoms with Gasteiger partial charge in [0.05, 0.1) is 5.92 Å². The number of hydrogen-bond donors (Lipinski definition) is 1. The number of anilines is 1. The van der Waals surface area contributed by atoms with Crippen LogP contribution >= 0.6 is 0 Å². The van der Waals surface area contributed by atoms with Crippen LogP contribution in [-0.4, -0.2) is 17.5 Å². The van der Waals surface area contributed by atoms with E-state index in [1.54, 1.807) is 0 Å². The van der Waals surface area contributed by atoms with E-state index in [-0.39, 0.29) is 24.2 Å². The second-order valence-corrected chi connectivity index (χ2v) is 5.70. The lowest BCUT2D eigenvalue weighted by Crippen LogP contribution is -2.19. The average molecular weight is 261 g/mol. The van der Waals surface area contributed by atoms with Crippen molar-refractivity contribution >= 4 is 17.6 Å². The zero-order chi connectivity index (χ0) is 14.0. The number of amides is 1. The van der Waals surface area contributed by atoms with E-state index in [2.05, 4.69) is 5.32 Å². The number of hydrogen-bond acceptors (Lipinski definition) is 3. The van der Waals surface area contributed by atoms with Gasteiger partial charge in [0.2, 0.25) is 5.91 Å². The van der Waals surface area contributed by atoms with Crippen LogP contribution in [0.2, 0.25) is 0 Å². The maximum Gasteiger partial charge on any atom is 0.310 e. The first kappa shape index (κ1) is 13.6. The Hall–Kier alpha value is -1.84. The fraction of sp³-hybridized carbons (Fsp3) is 0.467. The van der Waals surface area contributed by atoms with Gasteiger partial charge in [-0.1, -0.05) is 17.7 Å². The molecule has 4 nitrogen and oxygen atoms in total. The SMILES string of the molecule is Cc1ccc(NC(=O)C[C@H]2CC(C)(C)OC2=O)cc1. The van der Waals surface area contributed by atoms with Crippen LogP contribution in [0, 0.1) is 12.8 Å². The Labute approximate surface area is 113 Å². The zero-order valence-electron chi connectivity index (χ0n) is 11.5. The minimum atomic E-state index is -0.452. The molecule has 1 saturated heterocycles. The van der Waals surface area contributed by atoms with Crippen molar-refractivity contribution in [3.05, 3.63) is 29.8 Å². The predicted molar refractivity (Wildman–Crippen MR) is 72.7 cm³/mol. The van der Waals surface area contributed by atoms with Gasteiger partial charge in [-0.15, -0.1) is 0 Å². The largest absolute Gasteiger partial charge is 0.459 e. The summed E-state index contributed by atoms with van der Waals surface area (Å²) in [4.78, 5) is 23.5. The number of rotatable bonds is 3. The molecule has 1 aliphatic heterocycles. The number of ether oxygens (including phenoxy) is 1. The number of cyclic esters (lactones) is 1. The van der Waals surface area contributed by atoms with Crippen molar-refractivity contribution in [3.63, 3.8) is 0 Å². The molecule has 1 N–H and O–H groups in total. The molecule has 1 aliphatic rings. The molecule has 0 unspecified atom stereocenters. The van der Waals surface area contributed by atoms with Crippen LogP contribution in [-0.2, 0) is 14.3 Å². The Kier molecular flexibility index (Phi) is 3.60. The summed E-state index contributed by atoms with van der Waals surface area (Å²) in [5.41, 5.74) is 1.44. The molecular weight excluding hydrogens is 242 g/mol. The third kappa shape index (κ3) is 3.56. The van der Waals surface area contributed by atoms with E-state index in [4.69, 9.17) is 4.74 Å². The number of carbonyl (C=O) groups excluding carboxylic acids is 2. The van der Waals surface area contributed by atoms with E-state index in [0.717, 1.165) is 11.3 Å². The van der Waals surface area contributed by atoms with Crippen LogP contribution < -0.4 is 5.32 Å². The Morgan fingerprint density at radius 2 is 2.00 bits per heavy atom. The third-order valence-electron chi connectivity index (χ3n) is 3.22. The quantitative estimate of drug-likeness (QED) is 0.851. The first-order valence-corrected chi connectivity index (χ1v) is 6.45. The molecule has 2 rings (SSSR count). The molecule has 1 aromatic rings. The van der Waals surface area contributed by atoms with Crippen molar-refractivity contribution in [2.24, 2.45) is 5.92 Å². The molecule has 0 saturated carbocycles. The number of carbonyl (C=O) groups is 2. The maximum atomic E-state index is 11.9. The zero-order valence-corrected chi connectivity index (χ0v) is 11.5. The van der Waals surface area contributed by atoms with Crippen LogP contribution in [0.25, 0.3) is 0 Å². The van der Waals surface area contributed by atoms with Gasteiger partial charge >= 0.3 is 5.97 Å². The highest BCUT2D eigenvalue weighted by molar-refractivity contribution is 5.93. The smallest absolute Gasteiger partial charge is 0.310 e. The minimum absolute atomic E-state index is 0.150. The minimum Gasteiger partial charge on any atom is -0.459 e. The van der Waals surface area contributed by atoms with E-state index in [1.165, 1.54) is 0 Å². The van der Waals surface area contributed by atoms with Crippen LogP contribution in [0.1, 0.15) is 32.3 Å². The summed E-state index contributed by atoms with van der Waals surface area (Å²) in [5, 5.41) is 2.80.